The molecule has 2 rings (SSSR count). The third-order valence-corrected chi connectivity index (χ3v) is 6.27. The van der Waals surface area contributed by atoms with Gasteiger partial charge in [-0.3, -0.25) is 0 Å². The molecule has 1 unspecified atom stereocenters. The molecule has 9 heteroatoms. The zero-order valence-corrected chi connectivity index (χ0v) is 13.0. The molecule has 0 spiro atoms. The van der Waals surface area contributed by atoms with E-state index >= 15 is 0 Å². The highest BCUT2D eigenvalue weighted by Crippen LogP contribution is 2.19. The quantitative estimate of drug-likeness (QED) is 0.693. The minimum absolute atomic E-state index is 0.0250. The van der Waals surface area contributed by atoms with Gasteiger partial charge in [-0.15, -0.1) is 0 Å². The van der Waals surface area contributed by atoms with Crippen LogP contribution >= 0.6 is 0 Å². The Kier molecular flexibility index (Phi) is 4.74. The number of benzene rings is 1. The lowest BCUT2D eigenvalue weighted by atomic mass is 10.3. The van der Waals surface area contributed by atoms with Crippen molar-refractivity contribution in [2.24, 2.45) is 0 Å². The zero-order valence-electron chi connectivity index (χ0n) is 11.4. The van der Waals surface area contributed by atoms with Crippen molar-refractivity contribution >= 4 is 25.5 Å². The van der Waals surface area contributed by atoms with Crippen LogP contribution in [0.5, 0.6) is 5.75 Å². The van der Waals surface area contributed by atoms with Crippen molar-refractivity contribution < 1.29 is 21.6 Å². The van der Waals surface area contributed by atoms with Crippen LogP contribution in [0.1, 0.15) is 6.42 Å². The first-order valence-electron chi connectivity index (χ1n) is 6.45. The van der Waals surface area contributed by atoms with Crippen molar-refractivity contribution in [3.8, 4) is 5.75 Å². The molecule has 118 valence electrons. The monoisotopic (exact) mass is 334 g/mol. The van der Waals surface area contributed by atoms with Crippen LogP contribution in [0.2, 0.25) is 0 Å². The Hall–Kier alpha value is -1.32. The summed E-state index contributed by atoms with van der Waals surface area (Å²) in [5.41, 5.74) is 6.11. The van der Waals surface area contributed by atoms with E-state index in [9.17, 15) is 16.8 Å². The van der Waals surface area contributed by atoms with Crippen molar-refractivity contribution in [1.82, 2.24) is 4.72 Å². The number of nitrogens with one attached hydrogen (secondary N) is 1. The van der Waals surface area contributed by atoms with Gasteiger partial charge in [-0.2, -0.15) is 0 Å². The normalized spacial score (nSPS) is 21.2. The summed E-state index contributed by atoms with van der Waals surface area (Å²) in [5, 5.41) is 0. The Labute approximate surface area is 124 Å². The molecular weight excluding hydrogens is 316 g/mol. The van der Waals surface area contributed by atoms with E-state index in [1.54, 1.807) is 24.3 Å². The molecule has 1 saturated heterocycles. The number of sulfonamides is 1. The summed E-state index contributed by atoms with van der Waals surface area (Å²) in [5.74, 6) is 0.0598. The molecule has 0 bridgehead atoms. The SMILES string of the molecule is Nc1ccccc1OCCS(=O)(=O)NC1CCS(=O)(=O)C1. The first-order chi connectivity index (χ1) is 9.77. The van der Waals surface area contributed by atoms with Crippen LogP contribution in [-0.2, 0) is 19.9 Å². The molecule has 21 heavy (non-hydrogen) atoms. The van der Waals surface area contributed by atoms with Gasteiger partial charge in [0.05, 0.1) is 22.9 Å². The van der Waals surface area contributed by atoms with Crippen molar-refractivity contribution in [3.05, 3.63) is 24.3 Å². The Morgan fingerprint density at radius 1 is 1.33 bits per heavy atom. The van der Waals surface area contributed by atoms with E-state index in [0.29, 0.717) is 17.9 Å². The minimum atomic E-state index is -3.58. The van der Waals surface area contributed by atoms with Crippen molar-refractivity contribution in [2.45, 2.75) is 12.5 Å². The van der Waals surface area contributed by atoms with Gasteiger partial charge in [0.15, 0.2) is 9.84 Å². The van der Waals surface area contributed by atoms with Gasteiger partial charge in [-0.25, -0.2) is 21.6 Å². The molecule has 7 nitrogen and oxygen atoms in total. The molecule has 0 aliphatic carbocycles. The van der Waals surface area contributed by atoms with Crippen molar-refractivity contribution in [1.29, 1.82) is 0 Å². The van der Waals surface area contributed by atoms with Gasteiger partial charge in [0.1, 0.15) is 12.4 Å². The van der Waals surface area contributed by atoms with Crippen LogP contribution in [0.3, 0.4) is 0 Å². The second-order valence-electron chi connectivity index (χ2n) is 4.92. The molecule has 0 aromatic heterocycles. The van der Waals surface area contributed by atoms with Crippen molar-refractivity contribution in [3.63, 3.8) is 0 Å². The van der Waals surface area contributed by atoms with Crippen LogP contribution < -0.4 is 15.2 Å². The average Bonchev–Trinajstić information content (AvgIpc) is 2.70. The predicted molar refractivity (Wildman–Crippen MR) is 80.3 cm³/mol. The van der Waals surface area contributed by atoms with E-state index in [4.69, 9.17) is 10.5 Å². The number of ether oxygens (including phenoxy) is 1. The Bertz CT molecular complexity index is 700. The maximum absolute atomic E-state index is 11.9. The molecule has 0 saturated carbocycles. The lowest BCUT2D eigenvalue weighted by molar-refractivity contribution is 0.342. The number of hydrogen-bond acceptors (Lipinski definition) is 6. The highest BCUT2D eigenvalue weighted by Gasteiger charge is 2.30. The molecule has 1 atom stereocenters. The number of para-hydroxylation sites is 2. The molecule has 1 aliphatic heterocycles. The summed E-state index contributed by atoms with van der Waals surface area (Å²) in [7, 11) is -6.69. The standard InChI is InChI=1S/C12H18N2O5S2/c13-11-3-1-2-4-12(11)19-6-8-21(17,18)14-10-5-7-20(15,16)9-10/h1-4,10,14H,5-9,13H2. The summed E-state index contributed by atoms with van der Waals surface area (Å²) >= 11 is 0. The van der Waals surface area contributed by atoms with Gasteiger partial charge in [0.2, 0.25) is 10.0 Å². The molecule has 1 aromatic carbocycles. The number of nitrogen functional groups attached to an aromatic ring is 1. The molecular formula is C12H18N2O5S2. The molecule has 0 amide bonds. The van der Waals surface area contributed by atoms with Gasteiger partial charge in [0.25, 0.3) is 0 Å². The maximum Gasteiger partial charge on any atom is 0.215 e. The fraction of sp³-hybridized carbons (Fsp3) is 0.500. The maximum atomic E-state index is 11.9. The molecule has 3 N–H and O–H groups in total. The summed E-state index contributed by atoms with van der Waals surface area (Å²) < 4.78 is 54.0. The summed E-state index contributed by atoms with van der Waals surface area (Å²) in [6.07, 6.45) is 0.314. The lowest BCUT2D eigenvalue weighted by Crippen LogP contribution is -2.38. The number of rotatable bonds is 6. The lowest BCUT2D eigenvalue weighted by Gasteiger charge is -2.12. The van der Waals surface area contributed by atoms with Gasteiger partial charge < -0.3 is 10.5 Å². The van der Waals surface area contributed by atoms with E-state index in [2.05, 4.69) is 4.72 Å². The molecule has 0 radical (unpaired) electrons. The first-order valence-corrected chi connectivity index (χ1v) is 9.92. The number of hydrogen-bond donors (Lipinski definition) is 2. The van der Waals surface area contributed by atoms with E-state index in [0.717, 1.165) is 0 Å². The predicted octanol–water partition coefficient (Wildman–Crippen LogP) is -0.246. The molecule has 1 fully saturated rings. The van der Waals surface area contributed by atoms with E-state index in [-0.39, 0.29) is 23.9 Å². The third kappa shape index (κ3) is 4.87. The second-order valence-corrected chi connectivity index (χ2v) is 9.03. The Balaban J connectivity index is 1.83. The van der Waals surface area contributed by atoms with Gasteiger partial charge in [-0.05, 0) is 18.6 Å². The van der Waals surface area contributed by atoms with Crippen LogP contribution in [0.15, 0.2) is 24.3 Å². The highest BCUT2D eigenvalue weighted by molar-refractivity contribution is 7.92. The van der Waals surface area contributed by atoms with Gasteiger partial charge >= 0.3 is 0 Å². The molecule has 1 heterocycles. The summed E-state index contributed by atoms with van der Waals surface area (Å²) in [6.45, 7) is -0.0526. The van der Waals surface area contributed by atoms with E-state index in [1.165, 1.54) is 0 Å². The van der Waals surface area contributed by atoms with Crippen molar-refractivity contribution in [2.75, 3.05) is 29.6 Å². The summed E-state index contributed by atoms with van der Waals surface area (Å²) in [4.78, 5) is 0. The number of sulfone groups is 1. The van der Waals surface area contributed by atoms with Crippen LogP contribution in [0.4, 0.5) is 5.69 Å². The number of nitrogens with two attached hydrogens (primary N) is 1. The first kappa shape index (κ1) is 16.1. The average molecular weight is 334 g/mol. The third-order valence-electron chi connectivity index (χ3n) is 3.11. The Morgan fingerprint density at radius 2 is 2.05 bits per heavy atom. The van der Waals surface area contributed by atoms with Crippen LogP contribution in [-0.4, -0.2) is 46.7 Å². The summed E-state index contributed by atoms with van der Waals surface area (Å²) in [6, 6.07) is 6.26. The fourth-order valence-electron chi connectivity index (χ4n) is 2.07. The van der Waals surface area contributed by atoms with E-state index in [1.807, 2.05) is 0 Å². The highest BCUT2D eigenvalue weighted by atomic mass is 32.2. The molecule has 1 aliphatic rings. The fourth-order valence-corrected chi connectivity index (χ4v) is 4.98. The molecule has 1 aromatic rings. The number of anilines is 1. The van der Waals surface area contributed by atoms with Crippen LogP contribution in [0, 0.1) is 0 Å². The van der Waals surface area contributed by atoms with E-state index < -0.39 is 25.9 Å². The smallest absolute Gasteiger partial charge is 0.215 e. The topological polar surface area (TPSA) is 116 Å². The van der Waals surface area contributed by atoms with Crippen LogP contribution in [0.25, 0.3) is 0 Å². The zero-order chi connectivity index (χ0) is 15.5. The largest absolute Gasteiger partial charge is 0.490 e. The van der Waals surface area contributed by atoms with Gasteiger partial charge in [-0.1, -0.05) is 12.1 Å². The Morgan fingerprint density at radius 3 is 2.67 bits per heavy atom. The second kappa shape index (κ2) is 6.20. The minimum Gasteiger partial charge on any atom is -0.490 e. The van der Waals surface area contributed by atoms with Gasteiger partial charge in [0, 0.05) is 6.04 Å².